The van der Waals surface area contributed by atoms with E-state index >= 15 is 0 Å². The third kappa shape index (κ3) is 4.77. The Morgan fingerprint density at radius 3 is 2.32 bits per heavy atom. The molecule has 0 N–H and O–H groups in total. The first-order valence-corrected chi connectivity index (χ1v) is 10.6. The predicted octanol–water partition coefficient (Wildman–Crippen LogP) is 4.77. The zero-order valence-corrected chi connectivity index (χ0v) is 19.9. The van der Waals surface area contributed by atoms with Gasteiger partial charge in [-0.3, -0.25) is 9.69 Å². The fourth-order valence-electron chi connectivity index (χ4n) is 2.54. The van der Waals surface area contributed by atoms with Crippen LogP contribution in [0.5, 0.6) is 11.5 Å². The molecule has 2 aromatic heterocycles. The number of carbonyl (C=O) groups is 1. The van der Waals surface area contributed by atoms with Gasteiger partial charge in [-0.25, -0.2) is 4.98 Å². The lowest BCUT2D eigenvalue weighted by molar-refractivity contribution is 0.0989. The number of fused-ring (bicyclic) bond motifs is 1. The molecule has 0 saturated carbocycles. The highest BCUT2D eigenvalue weighted by Crippen LogP contribution is 2.40. The van der Waals surface area contributed by atoms with Crippen LogP contribution in [0.25, 0.3) is 10.2 Å². The topological polar surface area (TPSA) is 54.9 Å². The quantitative estimate of drug-likeness (QED) is 0.462. The minimum absolute atomic E-state index is 0. The summed E-state index contributed by atoms with van der Waals surface area (Å²) in [6, 6.07) is 7.39. The Balaban J connectivity index is 0.00000280. The van der Waals surface area contributed by atoms with Gasteiger partial charge in [0, 0.05) is 13.1 Å². The van der Waals surface area contributed by atoms with E-state index in [1.165, 1.54) is 22.7 Å². The number of amides is 1. The molecule has 0 aliphatic carbocycles. The molecule has 0 aliphatic heterocycles. The van der Waals surface area contributed by atoms with Gasteiger partial charge in [-0.05, 0) is 54.3 Å². The van der Waals surface area contributed by atoms with Crippen LogP contribution in [0.4, 0.5) is 5.13 Å². The number of rotatable bonds is 7. The van der Waals surface area contributed by atoms with Crippen molar-refractivity contribution in [3.05, 3.63) is 32.9 Å². The zero-order chi connectivity index (χ0) is 19.6. The molecule has 3 rings (SSSR count). The molecule has 0 fully saturated rings. The van der Waals surface area contributed by atoms with Crippen molar-refractivity contribution < 1.29 is 14.3 Å². The number of aromatic nitrogens is 1. The van der Waals surface area contributed by atoms with E-state index in [1.54, 1.807) is 19.1 Å². The normalized spacial score (nSPS) is 10.8. The van der Waals surface area contributed by atoms with Crippen LogP contribution in [0.15, 0.2) is 28.1 Å². The van der Waals surface area contributed by atoms with Gasteiger partial charge in [-0.1, -0.05) is 11.3 Å². The van der Waals surface area contributed by atoms with Gasteiger partial charge in [0.1, 0.15) is 21.7 Å². The van der Waals surface area contributed by atoms with Gasteiger partial charge in [0.25, 0.3) is 5.91 Å². The minimum Gasteiger partial charge on any atom is -0.495 e. The highest BCUT2D eigenvalue weighted by atomic mass is 79.9. The number of hydrogen-bond acceptors (Lipinski definition) is 7. The van der Waals surface area contributed by atoms with Crippen molar-refractivity contribution in [2.45, 2.75) is 0 Å². The summed E-state index contributed by atoms with van der Waals surface area (Å²) in [6.07, 6.45) is 0. The number of carbonyl (C=O) groups excluding carboxylic acids is 1. The lowest BCUT2D eigenvalue weighted by atomic mass is 10.3. The molecule has 152 valence electrons. The molecule has 10 heteroatoms. The summed E-state index contributed by atoms with van der Waals surface area (Å²) >= 11 is 6.27. The highest BCUT2D eigenvalue weighted by Gasteiger charge is 2.24. The fraction of sp³-hybridized carbons (Fsp3) is 0.333. The van der Waals surface area contributed by atoms with Crippen LogP contribution >= 0.6 is 51.0 Å². The molecule has 0 bridgehead atoms. The van der Waals surface area contributed by atoms with Crippen LogP contribution in [0.3, 0.4) is 0 Å². The Morgan fingerprint density at radius 1 is 1.07 bits per heavy atom. The number of nitrogens with zero attached hydrogens (tertiary/aromatic N) is 3. The Labute approximate surface area is 186 Å². The van der Waals surface area contributed by atoms with Crippen molar-refractivity contribution in [1.82, 2.24) is 9.88 Å². The Hall–Kier alpha value is -1.39. The number of hydrogen-bond donors (Lipinski definition) is 0. The standard InChI is InChI=1S/C18H20BrN3O3S2.ClH/c1-21(2)9-10-22(17(23)13-7-8-14(19)26-13)18-20-15-11(24-3)5-6-12(25-4)16(15)27-18;/h5-8H,9-10H2,1-4H3;1H. The van der Waals surface area contributed by atoms with Gasteiger partial charge < -0.3 is 14.4 Å². The van der Waals surface area contributed by atoms with Crippen LogP contribution in [0, 0.1) is 0 Å². The molecule has 6 nitrogen and oxygen atoms in total. The van der Waals surface area contributed by atoms with Crippen molar-refractivity contribution in [3.63, 3.8) is 0 Å². The molecule has 0 aliphatic rings. The van der Waals surface area contributed by atoms with Crippen LogP contribution < -0.4 is 14.4 Å². The van der Waals surface area contributed by atoms with Gasteiger partial charge in [0.05, 0.1) is 22.9 Å². The second kappa shape index (κ2) is 9.89. The molecule has 28 heavy (non-hydrogen) atoms. The summed E-state index contributed by atoms with van der Waals surface area (Å²) in [7, 11) is 7.20. The zero-order valence-electron chi connectivity index (χ0n) is 15.9. The van der Waals surface area contributed by atoms with Gasteiger partial charge in [0.2, 0.25) is 0 Å². The fourth-order valence-corrected chi connectivity index (χ4v) is 4.97. The number of likely N-dealkylation sites (N-methyl/N-ethyl adjacent to an activating group) is 1. The Morgan fingerprint density at radius 2 is 1.75 bits per heavy atom. The average Bonchev–Trinajstić information content (AvgIpc) is 3.27. The molecule has 1 aromatic carbocycles. The summed E-state index contributed by atoms with van der Waals surface area (Å²) in [5.74, 6) is 1.31. The number of halogens is 2. The largest absolute Gasteiger partial charge is 0.495 e. The molecule has 1 amide bonds. The van der Waals surface area contributed by atoms with Crippen molar-refractivity contribution in [2.75, 3.05) is 46.3 Å². The van der Waals surface area contributed by atoms with Crippen LogP contribution in [0.1, 0.15) is 9.67 Å². The molecular formula is C18H21BrClN3O3S2. The van der Waals surface area contributed by atoms with E-state index in [2.05, 4.69) is 15.9 Å². The van der Waals surface area contributed by atoms with E-state index in [0.29, 0.717) is 33.6 Å². The number of thiophene rings is 1. The molecule has 2 heterocycles. The number of ether oxygens (including phenoxy) is 2. The van der Waals surface area contributed by atoms with Crippen LogP contribution in [-0.2, 0) is 0 Å². The van der Waals surface area contributed by atoms with Crippen molar-refractivity contribution >= 4 is 72.3 Å². The minimum atomic E-state index is -0.0652. The summed E-state index contributed by atoms with van der Waals surface area (Å²) in [5.41, 5.74) is 0.701. The molecule has 3 aromatic rings. The maximum absolute atomic E-state index is 13.2. The Kier molecular flexibility index (Phi) is 8.08. The molecular weight excluding hydrogens is 486 g/mol. The summed E-state index contributed by atoms with van der Waals surface area (Å²) in [6.45, 7) is 1.26. The average molecular weight is 507 g/mol. The first-order valence-electron chi connectivity index (χ1n) is 8.18. The van der Waals surface area contributed by atoms with E-state index < -0.39 is 0 Å². The predicted molar refractivity (Wildman–Crippen MR) is 122 cm³/mol. The number of thiazole rings is 1. The second-order valence-electron chi connectivity index (χ2n) is 6.01. The van der Waals surface area contributed by atoms with E-state index in [0.717, 1.165) is 15.0 Å². The van der Waals surface area contributed by atoms with E-state index in [4.69, 9.17) is 14.5 Å². The van der Waals surface area contributed by atoms with Crippen molar-refractivity contribution in [1.29, 1.82) is 0 Å². The summed E-state index contributed by atoms with van der Waals surface area (Å²) in [4.78, 5) is 22.3. The number of benzene rings is 1. The highest BCUT2D eigenvalue weighted by molar-refractivity contribution is 9.11. The first kappa shape index (κ1) is 22.9. The number of anilines is 1. The molecule has 0 atom stereocenters. The smallest absolute Gasteiger partial charge is 0.270 e. The summed E-state index contributed by atoms with van der Waals surface area (Å²) < 4.78 is 12.7. The van der Waals surface area contributed by atoms with E-state index in [1.807, 2.05) is 43.3 Å². The SMILES string of the molecule is COc1ccc(OC)c2sc(N(CCN(C)C)C(=O)c3ccc(Br)s3)nc12.Cl. The lowest BCUT2D eigenvalue weighted by Gasteiger charge is -2.21. The van der Waals surface area contributed by atoms with Crippen molar-refractivity contribution in [3.8, 4) is 11.5 Å². The van der Waals surface area contributed by atoms with Crippen LogP contribution in [-0.4, -0.2) is 57.2 Å². The van der Waals surface area contributed by atoms with Crippen molar-refractivity contribution in [2.24, 2.45) is 0 Å². The lowest BCUT2D eigenvalue weighted by Crippen LogP contribution is -2.36. The van der Waals surface area contributed by atoms with Gasteiger partial charge in [-0.2, -0.15) is 0 Å². The number of methoxy groups -OCH3 is 2. The van der Waals surface area contributed by atoms with Crippen LogP contribution in [0.2, 0.25) is 0 Å². The maximum Gasteiger partial charge on any atom is 0.270 e. The maximum atomic E-state index is 13.2. The molecule has 0 spiro atoms. The van der Waals surface area contributed by atoms with Gasteiger partial charge in [-0.15, -0.1) is 23.7 Å². The summed E-state index contributed by atoms with van der Waals surface area (Å²) in [5, 5.41) is 0.629. The third-order valence-corrected chi connectivity index (χ3v) is 6.63. The molecule has 0 radical (unpaired) electrons. The Bertz CT molecular complexity index is 920. The first-order chi connectivity index (χ1) is 12.9. The van der Waals surface area contributed by atoms with Gasteiger partial charge >= 0.3 is 0 Å². The van der Waals surface area contributed by atoms with Gasteiger partial charge in [0.15, 0.2) is 5.13 Å². The monoisotopic (exact) mass is 505 g/mol. The van der Waals surface area contributed by atoms with E-state index in [-0.39, 0.29) is 18.3 Å². The second-order valence-corrected chi connectivity index (χ2v) is 9.45. The molecule has 0 unspecified atom stereocenters. The van der Waals surface area contributed by atoms with E-state index in [9.17, 15) is 4.79 Å². The third-order valence-electron chi connectivity index (χ3n) is 3.93. The molecule has 0 saturated heterocycles.